The summed E-state index contributed by atoms with van der Waals surface area (Å²) in [5.41, 5.74) is 9.55. The van der Waals surface area contributed by atoms with Gasteiger partial charge >= 0.3 is 0 Å². The third-order valence-electron chi connectivity index (χ3n) is 7.55. The van der Waals surface area contributed by atoms with Crippen molar-refractivity contribution in [1.29, 1.82) is 5.26 Å². The van der Waals surface area contributed by atoms with Crippen molar-refractivity contribution >= 4 is 40.2 Å². The molecule has 1 aliphatic carbocycles. The molecule has 10 heteroatoms. The van der Waals surface area contributed by atoms with Crippen LogP contribution in [0.2, 0.25) is 0 Å². The lowest BCUT2D eigenvalue weighted by Crippen LogP contribution is -2.51. The van der Waals surface area contributed by atoms with Gasteiger partial charge < -0.3 is 21.3 Å². The van der Waals surface area contributed by atoms with Crippen LogP contribution in [-0.4, -0.2) is 52.8 Å². The molecule has 4 N–H and O–H groups in total. The average Bonchev–Trinajstić information content (AvgIpc) is 3.46. The molecule has 6 rings (SSSR count). The molecule has 1 amide bonds. The summed E-state index contributed by atoms with van der Waals surface area (Å²) in [6.45, 7) is 3.57. The van der Waals surface area contributed by atoms with Crippen LogP contribution < -0.4 is 21.3 Å². The van der Waals surface area contributed by atoms with Gasteiger partial charge in [-0.1, -0.05) is 23.5 Å². The summed E-state index contributed by atoms with van der Waals surface area (Å²) in [5, 5.41) is 17.6. The summed E-state index contributed by atoms with van der Waals surface area (Å²) in [7, 11) is 0. The lowest BCUT2D eigenvalue weighted by Gasteiger charge is -2.36. The zero-order valence-corrected chi connectivity index (χ0v) is 20.6. The largest absolute Gasteiger partial charge is 0.400 e. The number of rotatable bonds is 3. The summed E-state index contributed by atoms with van der Waals surface area (Å²) in [4.78, 5) is 20.3. The van der Waals surface area contributed by atoms with Crippen molar-refractivity contribution < 1.29 is 9.18 Å². The number of nitrogens with two attached hydrogens (primary N) is 1. The maximum atomic E-state index is 15.4. The van der Waals surface area contributed by atoms with Crippen LogP contribution in [0, 0.1) is 17.1 Å². The fourth-order valence-electron chi connectivity index (χ4n) is 5.96. The number of fused-ring (bicyclic) bond motifs is 4. The number of aliphatic imine (C=N–C) groups is 1. The van der Waals surface area contributed by atoms with E-state index in [4.69, 9.17) is 5.73 Å². The molecular formula is C24H27FN6OS2. The first-order valence-electron chi connectivity index (χ1n) is 11.8. The molecular weight excluding hydrogens is 471 g/mol. The fourth-order valence-corrected chi connectivity index (χ4v) is 8.55. The van der Waals surface area contributed by atoms with Crippen LogP contribution in [0.4, 0.5) is 10.1 Å². The van der Waals surface area contributed by atoms with Crippen LogP contribution in [0.25, 0.3) is 0 Å². The average molecular weight is 499 g/mol. The highest BCUT2D eigenvalue weighted by molar-refractivity contribution is 8.16. The number of halogens is 1. The zero-order valence-electron chi connectivity index (χ0n) is 18.9. The lowest BCUT2D eigenvalue weighted by atomic mass is 9.84. The number of benzene rings is 1. The van der Waals surface area contributed by atoms with Gasteiger partial charge in [0, 0.05) is 36.9 Å². The second-order valence-corrected chi connectivity index (χ2v) is 12.2. The highest BCUT2D eigenvalue weighted by Crippen LogP contribution is 2.47. The molecule has 0 spiro atoms. The Labute approximate surface area is 206 Å². The van der Waals surface area contributed by atoms with Crippen molar-refractivity contribution in [3.63, 3.8) is 0 Å². The minimum Gasteiger partial charge on any atom is -0.400 e. The number of amides is 1. The van der Waals surface area contributed by atoms with E-state index in [-0.39, 0.29) is 28.4 Å². The first-order chi connectivity index (χ1) is 16.4. The molecule has 4 aliphatic heterocycles. The van der Waals surface area contributed by atoms with E-state index in [1.807, 2.05) is 6.92 Å². The number of carbonyl (C=O) groups is 1. The lowest BCUT2D eigenvalue weighted by molar-refractivity contribution is -0.117. The molecule has 2 saturated heterocycles. The monoisotopic (exact) mass is 498 g/mol. The third-order valence-corrected chi connectivity index (χ3v) is 10.2. The molecule has 2 bridgehead atoms. The van der Waals surface area contributed by atoms with Gasteiger partial charge in [-0.2, -0.15) is 5.26 Å². The normalized spacial score (nSPS) is 31.7. The van der Waals surface area contributed by atoms with Gasteiger partial charge in [-0.05, 0) is 56.2 Å². The number of carbonyl (C=O) groups excluding carboxylic acids is 1. The van der Waals surface area contributed by atoms with Gasteiger partial charge in [-0.25, -0.2) is 4.39 Å². The summed E-state index contributed by atoms with van der Waals surface area (Å²) in [5.74, 6) is -0.480. The van der Waals surface area contributed by atoms with Crippen LogP contribution in [-0.2, 0) is 17.6 Å². The Balaban J connectivity index is 1.20. The van der Waals surface area contributed by atoms with Crippen molar-refractivity contribution in [3.05, 3.63) is 39.2 Å². The van der Waals surface area contributed by atoms with E-state index in [2.05, 4.69) is 26.6 Å². The molecule has 178 valence electrons. The predicted octanol–water partition coefficient (Wildman–Crippen LogP) is 2.39. The maximum Gasteiger partial charge on any atom is 0.259 e. The van der Waals surface area contributed by atoms with Crippen LogP contribution in [0.3, 0.4) is 0 Å². The number of anilines is 1. The highest BCUT2D eigenvalue weighted by atomic mass is 32.2. The second kappa shape index (κ2) is 8.47. The number of nitrogens with zero attached hydrogens (tertiary/aromatic N) is 3. The number of piperazine rings is 1. The first kappa shape index (κ1) is 22.3. The van der Waals surface area contributed by atoms with E-state index >= 15 is 4.39 Å². The van der Waals surface area contributed by atoms with Gasteiger partial charge in [-0.15, -0.1) is 0 Å². The molecule has 5 aliphatic rings. The Hall–Kier alpha value is -2.22. The van der Waals surface area contributed by atoms with Gasteiger partial charge in [0.2, 0.25) is 0 Å². The minimum absolute atomic E-state index is 0.0205. The molecule has 4 unspecified atom stereocenters. The van der Waals surface area contributed by atoms with E-state index in [9.17, 15) is 10.1 Å². The number of hydrogen-bond donors (Lipinski definition) is 3. The standard InChI is InChI=1S/C24H27FN6OS2/c1-11-28-24-22(33-11)20(27)21(34-24)23(32)30-12-4-5-15-16(6-12)18(25)7-19(17(15)8-26)31-9-13-2-3-14(10-31)29-13/h7,12-14,22,24,29H,2-6,9-10,27H2,1H3,(H,30,32)/t12-,13?,14?,22?,24?/m1/s1. The minimum atomic E-state index is -0.279. The Bertz CT molecular complexity index is 1160. The molecule has 1 aromatic rings. The van der Waals surface area contributed by atoms with Crippen LogP contribution in [0.1, 0.15) is 42.9 Å². The molecule has 34 heavy (non-hydrogen) atoms. The second-order valence-electron chi connectivity index (χ2n) is 9.76. The molecule has 0 radical (unpaired) electrons. The molecule has 0 saturated carbocycles. The predicted molar refractivity (Wildman–Crippen MR) is 134 cm³/mol. The van der Waals surface area contributed by atoms with Crippen molar-refractivity contribution in [2.45, 2.75) is 67.8 Å². The van der Waals surface area contributed by atoms with Crippen molar-refractivity contribution in [3.8, 4) is 6.07 Å². The Morgan fingerprint density at radius 1 is 1.29 bits per heavy atom. The van der Waals surface area contributed by atoms with E-state index in [1.54, 1.807) is 17.8 Å². The van der Waals surface area contributed by atoms with Crippen LogP contribution >= 0.6 is 23.5 Å². The molecule has 0 aromatic heterocycles. The number of hydrogen-bond acceptors (Lipinski definition) is 8. The van der Waals surface area contributed by atoms with Gasteiger partial charge in [-0.3, -0.25) is 9.79 Å². The Morgan fingerprint density at radius 2 is 2.06 bits per heavy atom. The third kappa shape index (κ3) is 3.69. The SMILES string of the molecule is CC1=NC2SC(C(=O)N[C@@H]3CCc4c(C#N)c(N5CC6CCC(C5)N6)cc(F)c4C3)=C(N)C2S1. The Kier molecular flexibility index (Phi) is 5.54. The molecule has 2 fully saturated rings. The fraction of sp³-hybridized carbons (Fsp3) is 0.542. The molecule has 7 nitrogen and oxygen atoms in total. The van der Waals surface area contributed by atoms with Gasteiger partial charge in [0.1, 0.15) is 17.3 Å². The van der Waals surface area contributed by atoms with E-state index in [0.29, 0.717) is 53.1 Å². The van der Waals surface area contributed by atoms with Gasteiger partial charge in [0.15, 0.2) is 0 Å². The zero-order chi connectivity index (χ0) is 23.6. The van der Waals surface area contributed by atoms with Crippen molar-refractivity contribution in [2.24, 2.45) is 10.7 Å². The molecule has 5 atom stereocenters. The summed E-state index contributed by atoms with van der Waals surface area (Å²) in [6, 6.07) is 4.54. The van der Waals surface area contributed by atoms with Gasteiger partial charge in [0.25, 0.3) is 5.91 Å². The van der Waals surface area contributed by atoms with Crippen LogP contribution in [0.15, 0.2) is 21.7 Å². The van der Waals surface area contributed by atoms with E-state index in [1.165, 1.54) is 11.8 Å². The summed E-state index contributed by atoms with van der Waals surface area (Å²) < 4.78 is 15.4. The Morgan fingerprint density at radius 3 is 2.76 bits per heavy atom. The first-order valence-corrected chi connectivity index (χ1v) is 13.6. The van der Waals surface area contributed by atoms with E-state index < -0.39 is 0 Å². The molecule has 1 aromatic carbocycles. The molecule has 4 heterocycles. The topological polar surface area (TPSA) is 107 Å². The number of nitrogens with one attached hydrogen (secondary N) is 2. The summed E-state index contributed by atoms with van der Waals surface area (Å²) >= 11 is 3.02. The highest BCUT2D eigenvalue weighted by Gasteiger charge is 2.42. The van der Waals surface area contributed by atoms with E-state index in [0.717, 1.165) is 42.2 Å². The number of nitriles is 1. The van der Waals surface area contributed by atoms with Gasteiger partial charge in [0.05, 0.1) is 26.4 Å². The number of thioether (sulfide) groups is 2. The quantitative estimate of drug-likeness (QED) is 0.588. The smallest absolute Gasteiger partial charge is 0.259 e. The summed E-state index contributed by atoms with van der Waals surface area (Å²) in [6.07, 6.45) is 3.87. The maximum absolute atomic E-state index is 15.4. The van der Waals surface area contributed by atoms with Crippen LogP contribution in [0.5, 0.6) is 0 Å². The van der Waals surface area contributed by atoms with Crippen molar-refractivity contribution in [1.82, 2.24) is 10.6 Å². The van der Waals surface area contributed by atoms with Crippen molar-refractivity contribution in [2.75, 3.05) is 18.0 Å².